The Labute approximate surface area is 127 Å². The number of aryl methyl sites for hydroxylation is 1. The molecule has 22 heavy (non-hydrogen) atoms. The number of ether oxygens (including phenoxy) is 1. The third-order valence-electron chi connectivity index (χ3n) is 3.71. The van der Waals surface area contributed by atoms with Crippen LogP contribution in [0, 0.1) is 12.7 Å². The molecule has 116 valence electrons. The number of benzene rings is 1. The Morgan fingerprint density at radius 3 is 2.77 bits per heavy atom. The van der Waals surface area contributed by atoms with Crippen molar-refractivity contribution in [3.63, 3.8) is 0 Å². The molecular weight excluding hydrogens is 287 g/mol. The van der Waals surface area contributed by atoms with Crippen LogP contribution >= 0.6 is 0 Å². The zero-order valence-corrected chi connectivity index (χ0v) is 12.2. The van der Waals surface area contributed by atoms with Gasteiger partial charge in [-0.1, -0.05) is 17.3 Å². The Morgan fingerprint density at radius 2 is 2.18 bits per heavy atom. The van der Waals surface area contributed by atoms with Crippen molar-refractivity contribution in [2.75, 3.05) is 6.61 Å². The highest BCUT2D eigenvalue weighted by molar-refractivity contribution is 5.92. The number of halogens is 1. The van der Waals surface area contributed by atoms with Gasteiger partial charge < -0.3 is 14.6 Å². The summed E-state index contributed by atoms with van der Waals surface area (Å²) in [6.07, 6.45) is 1.67. The number of aromatic nitrogens is 1. The molecule has 1 amide bonds. The summed E-state index contributed by atoms with van der Waals surface area (Å²) in [5.74, 6) is -0.0735. The second-order valence-electron chi connectivity index (χ2n) is 5.38. The largest absolute Gasteiger partial charge is 0.376 e. The summed E-state index contributed by atoms with van der Waals surface area (Å²) in [6.45, 7) is 2.39. The topological polar surface area (TPSA) is 64.4 Å². The van der Waals surface area contributed by atoms with Crippen LogP contribution in [0.25, 0.3) is 0 Å². The van der Waals surface area contributed by atoms with Crippen molar-refractivity contribution in [3.05, 3.63) is 53.2 Å². The van der Waals surface area contributed by atoms with E-state index in [1.807, 2.05) is 0 Å². The molecule has 1 aromatic heterocycles. The summed E-state index contributed by atoms with van der Waals surface area (Å²) >= 11 is 0. The molecular formula is C16H17FN2O3. The van der Waals surface area contributed by atoms with Crippen LogP contribution in [-0.4, -0.2) is 23.8 Å². The van der Waals surface area contributed by atoms with Gasteiger partial charge in [0.2, 0.25) is 0 Å². The van der Waals surface area contributed by atoms with E-state index in [1.165, 1.54) is 12.1 Å². The molecule has 0 spiro atoms. The maximum absolute atomic E-state index is 13.1. The zero-order chi connectivity index (χ0) is 15.5. The Kier molecular flexibility index (Phi) is 4.20. The number of nitrogens with zero attached hydrogens (tertiary/aromatic N) is 1. The minimum absolute atomic E-state index is 0.123. The van der Waals surface area contributed by atoms with Crippen molar-refractivity contribution >= 4 is 5.91 Å². The Bertz CT molecular complexity index is 648. The molecule has 0 aliphatic carbocycles. The van der Waals surface area contributed by atoms with E-state index in [0.717, 1.165) is 18.4 Å². The van der Waals surface area contributed by atoms with E-state index < -0.39 is 0 Å². The molecule has 3 rings (SSSR count). The third-order valence-corrected chi connectivity index (χ3v) is 3.71. The molecule has 2 heterocycles. The van der Waals surface area contributed by atoms with Crippen LogP contribution < -0.4 is 5.32 Å². The second kappa shape index (κ2) is 6.27. The van der Waals surface area contributed by atoms with Crippen LogP contribution in [0.5, 0.6) is 0 Å². The monoisotopic (exact) mass is 304 g/mol. The van der Waals surface area contributed by atoms with Crippen molar-refractivity contribution in [1.82, 2.24) is 10.5 Å². The van der Waals surface area contributed by atoms with Crippen molar-refractivity contribution in [2.45, 2.75) is 31.9 Å². The SMILES string of the molecule is Cc1cc(C(=O)NC(c2ccc(F)cc2)C2CCCO2)no1. The predicted octanol–water partition coefficient (Wildman–Crippen LogP) is 2.77. The minimum atomic E-state index is -0.340. The molecule has 1 aliphatic heterocycles. The van der Waals surface area contributed by atoms with E-state index in [4.69, 9.17) is 9.26 Å². The van der Waals surface area contributed by atoms with E-state index in [9.17, 15) is 9.18 Å². The Hall–Kier alpha value is -2.21. The summed E-state index contributed by atoms with van der Waals surface area (Å²) in [7, 11) is 0. The van der Waals surface area contributed by atoms with Gasteiger partial charge in [0.05, 0.1) is 12.1 Å². The van der Waals surface area contributed by atoms with Gasteiger partial charge in [-0.25, -0.2) is 4.39 Å². The van der Waals surface area contributed by atoms with Gasteiger partial charge in [-0.05, 0) is 37.5 Å². The fraction of sp³-hybridized carbons (Fsp3) is 0.375. The summed E-state index contributed by atoms with van der Waals surface area (Å²) in [5.41, 5.74) is 1.03. The zero-order valence-electron chi connectivity index (χ0n) is 12.2. The van der Waals surface area contributed by atoms with Gasteiger partial charge in [0.1, 0.15) is 11.6 Å². The van der Waals surface area contributed by atoms with Gasteiger partial charge in [0.15, 0.2) is 5.69 Å². The quantitative estimate of drug-likeness (QED) is 0.943. The summed E-state index contributed by atoms with van der Waals surface area (Å²) in [4.78, 5) is 12.3. The number of nitrogens with one attached hydrogen (secondary N) is 1. The van der Waals surface area contributed by atoms with Crippen molar-refractivity contribution < 1.29 is 18.4 Å². The number of hydrogen-bond acceptors (Lipinski definition) is 4. The van der Waals surface area contributed by atoms with Crippen LogP contribution in [-0.2, 0) is 4.74 Å². The molecule has 2 aromatic rings. The Morgan fingerprint density at radius 1 is 1.41 bits per heavy atom. The lowest BCUT2D eigenvalue weighted by atomic mass is 9.99. The van der Waals surface area contributed by atoms with E-state index in [0.29, 0.717) is 12.4 Å². The molecule has 2 atom stereocenters. The lowest BCUT2D eigenvalue weighted by molar-refractivity contribution is 0.0667. The Balaban J connectivity index is 1.82. The predicted molar refractivity (Wildman–Crippen MR) is 76.8 cm³/mol. The number of carbonyl (C=O) groups excluding carboxylic acids is 1. The number of rotatable bonds is 4. The molecule has 5 nitrogen and oxygen atoms in total. The normalized spacial score (nSPS) is 19.1. The lowest BCUT2D eigenvalue weighted by Gasteiger charge is -2.24. The van der Waals surface area contributed by atoms with Crippen LogP contribution in [0.4, 0.5) is 4.39 Å². The molecule has 0 saturated carbocycles. The van der Waals surface area contributed by atoms with Crippen molar-refractivity contribution in [3.8, 4) is 0 Å². The van der Waals surface area contributed by atoms with E-state index >= 15 is 0 Å². The van der Waals surface area contributed by atoms with Crippen LogP contribution in [0.15, 0.2) is 34.9 Å². The molecule has 1 N–H and O–H groups in total. The molecule has 2 unspecified atom stereocenters. The smallest absolute Gasteiger partial charge is 0.274 e. The number of carbonyl (C=O) groups is 1. The fourth-order valence-electron chi connectivity index (χ4n) is 2.62. The van der Waals surface area contributed by atoms with Gasteiger partial charge in [-0.3, -0.25) is 4.79 Å². The second-order valence-corrected chi connectivity index (χ2v) is 5.38. The third kappa shape index (κ3) is 3.17. The van der Waals surface area contributed by atoms with E-state index in [1.54, 1.807) is 25.1 Å². The first kappa shape index (κ1) is 14.7. The molecule has 1 saturated heterocycles. The lowest BCUT2D eigenvalue weighted by Crippen LogP contribution is -2.36. The maximum atomic E-state index is 13.1. The molecule has 0 bridgehead atoms. The summed E-state index contributed by atoms with van der Waals surface area (Å²) in [5, 5.41) is 6.63. The van der Waals surface area contributed by atoms with Crippen LogP contribution in [0.1, 0.15) is 40.7 Å². The maximum Gasteiger partial charge on any atom is 0.274 e. The molecule has 1 fully saturated rings. The first-order valence-electron chi connectivity index (χ1n) is 7.25. The van der Waals surface area contributed by atoms with Crippen LogP contribution in [0.3, 0.4) is 0 Å². The van der Waals surface area contributed by atoms with E-state index in [-0.39, 0.29) is 29.6 Å². The highest BCUT2D eigenvalue weighted by atomic mass is 19.1. The van der Waals surface area contributed by atoms with Crippen molar-refractivity contribution in [1.29, 1.82) is 0 Å². The molecule has 0 radical (unpaired) electrons. The number of hydrogen-bond donors (Lipinski definition) is 1. The summed E-state index contributed by atoms with van der Waals surface area (Å²) < 4.78 is 23.7. The van der Waals surface area contributed by atoms with Gasteiger partial charge in [-0.2, -0.15) is 0 Å². The molecule has 1 aliphatic rings. The average Bonchev–Trinajstić information content (AvgIpc) is 3.17. The van der Waals surface area contributed by atoms with Gasteiger partial charge in [0, 0.05) is 12.7 Å². The van der Waals surface area contributed by atoms with Gasteiger partial charge in [0.25, 0.3) is 5.91 Å². The summed E-state index contributed by atoms with van der Waals surface area (Å²) in [6, 6.07) is 7.32. The fourth-order valence-corrected chi connectivity index (χ4v) is 2.62. The highest BCUT2D eigenvalue weighted by Gasteiger charge is 2.29. The first-order chi connectivity index (χ1) is 10.6. The molecule has 6 heteroatoms. The minimum Gasteiger partial charge on any atom is -0.376 e. The van der Waals surface area contributed by atoms with Crippen LogP contribution in [0.2, 0.25) is 0 Å². The average molecular weight is 304 g/mol. The van der Waals surface area contributed by atoms with Gasteiger partial charge in [-0.15, -0.1) is 0 Å². The van der Waals surface area contributed by atoms with Gasteiger partial charge >= 0.3 is 0 Å². The molecule has 1 aromatic carbocycles. The highest BCUT2D eigenvalue weighted by Crippen LogP contribution is 2.27. The van der Waals surface area contributed by atoms with E-state index in [2.05, 4.69) is 10.5 Å². The van der Waals surface area contributed by atoms with Crippen molar-refractivity contribution in [2.24, 2.45) is 0 Å². The number of amides is 1. The first-order valence-corrected chi connectivity index (χ1v) is 7.25. The standard InChI is InChI=1S/C16H17FN2O3/c1-10-9-13(19-22-10)16(20)18-15(14-3-2-8-21-14)11-4-6-12(17)7-5-11/h4-7,9,14-15H,2-3,8H2,1H3,(H,18,20).